The lowest BCUT2D eigenvalue weighted by molar-refractivity contribution is -0.134. The summed E-state index contributed by atoms with van der Waals surface area (Å²) in [5.41, 5.74) is 5.95. The second kappa shape index (κ2) is 9.35. The smallest absolute Gasteiger partial charge is 0.223 e. The van der Waals surface area contributed by atoms with Crippen molar-refractivity contribution >= 4 is 11.8 Å². The molecule has 1 rings (SSSR count). The second-order valence-electron chi connectivity index (χ2n) is 6.46. The van der Waals surface area contributed by atoms with Crippen molar-refractivity contribution in [2.24, 2.45) is 23.5 Å². The Morgan fingerprint density at radius 3 is 2.17 bits per heavy atom. The Bertz CT molecular complexity index is 556. The highest BCUT2D eigenvalue weighted by atomic mass is 19.1. The normalized spacial score (nSPS) is 13.6. The molecule has 1 aromatic rings. The molecule has 0 saturated carbocycles. The van der Waals surface area contributed by atoms with Crippen LogP contribution in [0.4, 0.5) is 8.78 Å². The first-order chi connectivity index (χ1) is 11.2. The molecular formula is C18H26F2N2O2. The molecule has 3 N–H and O–H groups in total. The van der Waals surface area contributed by atoms with Crippen molar-refractivity contribution in [3.05, 3.63) is 35.4 Å². The van der Waals surface area contributed by atoms with Crippen LogP contribution in [0.1, 0.15) is 39.2 Å². The van der Waals surface area contributed by atoms with Gasteiger partial charge in [-0.05, 0) is 49.8 Å². The van der Waals surface area contributed by atoms with Crippen molar-refractivity contribution in [3.63, 3.8) is 0 Å². The zero-order valence-electron chi connectivity index (χ0n) is 14.4. The first-order valence-corrected chi connectivity index (χ1v) is 8.26. The molecular weight excluding hydrogens is 314 g/mol. The number of halogens is 2. The molecule has 134 valence electrons. The number of carbonyl (C=O) groups is 2. The highest BCUT2D eigenvalue weighted by Gasteiger charge is 2.32. The summed E-state index contributed by atoms with van der Waals surface area (Å²) in [5, 5.41) is 2.74. The van der Waals surface area contributed by atoms with Gasteiger partial charge in [0, 0.05) is 24.4 Å². The van der Waals surface area contributed by atoms with Crippen LogP contribution in [0.25, 0.3) is 0 Å². The van der Waals surface area contributed by atoms with Crippen molar-refractivity contribution in [2.75, 3.05) is 6.54 Å². The van der Waals surface area contributed by atoms with E-state index >= 15 is 0 Å². The number of hydrogen-bond acceptors (Lipinski definition) is 2. The van der Waals surface area contributed by atoms with Gasteiger partial charge in [-0.3, -0.25) is 9.59 Å². The molecule has 0 bridgehead atoms. The Balaban J connectivity index is 2.92. The minimum Gasteiger partial charge on any atom is -0.369 e. The molecule has 1 unspecified atom stereocenters. The molecule has 0 aliphatic rings. The third-order valence-electron chi connectivity index (χ3n) is 3.93. The number of nitrogens with one attached hydrogen (secondary N) is 1. The monoisotopic (exact) mass is 340 g/mol. The Kier molecular flexibility index (Phi) is 7.82. The van der Waals surface area contributed by atoms with E-state index in [4.69, 9.17) is 5.73 Å². The standard InChI is InChI=1S/C18H26F2N2O2/c1-4-22-18(24)16(7-11(2)3)15(17(21)23)6-5-12-8-13(19)10-14(20)9-12/h8-11,15-16H,4-7H2,1-3H3,(H2,21,23)(H,22,24)/t15-,16?/m0/s1. The average molecular weight is 340 g/mol. The van der Waals surface area contributed by atoms with Gasteiger partial charge in [-0.1, -0.05) is 13.8 Å². The molecule has 24 heavy (non-hydrogen) atoms. The van der Waals surface area contributed by atoms with Crippen molar-refractivity contribution in [2.45, 2.75) is 40.0 Å². The van der Waals surface area contributed by atoms with Gasteiger partial charge in [0.1, 0.15) is 11.6 Å². The summed E-state index contributed by atoms with van der Waals surface area (Å²) in [6, 6.07) is 3.25. The van der Waals surface area contributed by atoms with Crippen LogP contribution in [0.5, 0.6) is 0 Å². The van der Waals surface area contributed by atoms with Crippen LogP contribution < -0.4 is 11.1 Å². The van der Waals surface area contributed by atoms with E-state index in [-0.39, 0.29) is 24.7 Å². The van der Waals surface area contributed by atoms with E-state index in [1.54, 1.807) is 6.92 Å². The van der Waals surface area contributed by atoms with Gasteiger partial charge in [0.25, 0.3) is 0 Å². The van der Waals surface area contributed by atoms with Crippen molar-refractivity contribution in [3.8, 4) is 0 Å². The predicted octanol–water partition coefficient (Wildman–Crippen LogP) is 2.80. The lowest BCUT2D eigenvalue weighted by Gasteiger charge is -2.25. The van der Waals surface area contributed by atoms with Crippen molar-refractivity contribution in [1.29, 1.82) is 0 Å². The quantitative estimate of drug-likeness (QED) is 0.725. The van der Waals surface area contributed by atoms with Crippen LogP contribution in [0.2, 0.25) is 0 Å². The predicted molar refractivity (Wildman–Crippen MR) is 89.0 cm³/mol. The largest absolute Gasteiger partial charge is 0.369 e. The lowest BCUT2D eigenvalue weighted by atomic mass is 9.81. The fraction of sp³-hybridized carbons (Fsp3) is 0.556. The summed E-state index contributed by atoms with van der Waals surface area (Å²) in [6.07, 6.45) is 1.07. The fourth-order valence-corrected chi connectivity index (χ4v) is 2.89. The van der Waals surface area contributed by atoms with Crippen LogP contribution >= 0.6 is 0 Å². The molecule has 2 atom stereocenters. The number of aryl methyl sites for hydroxylation is 1. The highest BCUT2D eigenvalue weighted by Crippen LogP contribution is 2.26. The second-order valence-corrected chi connectivity index (χ2v) is 6.46. The van der Waals surface area contributed by atoms with Crippen molar-refractivity contribution < 1.29 is 18.4 Å². The van der Waals surface area contributed by atoms with Gasteiger partial charge < -0.3 is 11.1 Å². The molecule has 0 aromatic heterocycles. The Hall–Kier alpha value is -1.98. The van der Waals surface area contributed by atoms with Gasteiger partial charge in [-0.2, -0.15) is 0 Å². The van der Waals surface area contributed by atoms with E-state index in [9.17, 15) is 18.4 Å². The zero-order valence-corrected chi connectivity index (χ0v) is 14.4. The maximum Gasteiger partial charge on any atom is 0.223 e. The van der Waals surface area contributed by atoms with Crippen molar-refractivity contribution in [1.82, 2.24) is 5.32 Å². The number of carbonyl (C=O) groups excluding carboxylic acids is 2. The van der Waals surface area contributed by atoms with Gasteiger partial charge >= 0.3 is 0 Å². The molecule has 1 aromatic carbocycles. The Morgan fingerprint density at radius 2 is 1.71 bits per heavy atom. The summed E-state index contributed by atoms with van der Waals surface area (Å²) in [5.74, 6) is -3.10. The minimum absolute atomic E-state index is 0.208. The van der Waals surface area contributed by atoms with E-state index in [0.717, 1.165) is 6.07 Å². The summed E-state index contributed by atoms with van der Waals surface area (Å²) < 4.78 is 26.5. The molecule has 0 spiro atoms. The number of nitrogens with two attached hydrogens (primary N) is 1. The van der Waals surface area contributed by atoms with Crippen LogP contribution in [0.15, 0.2) is 18.2 Å². The van der Waals surface area contributed by atoms with E-state index in [2.05, 4.69) is 5.32 Å². The average Bonchev–Trinajstić information content (AvgIpc) is 2.44. The Morgan fingerprint density at radius 1 is 1.12 bits per heavy atom. The SMILES string of the molecule is CCNC(=O)C(CC(C)C)[C@H](CCc1cc(F)cc(F)c1)C(N)=O. The highest BCUT2D eigenvalue weighted by molar-refractivity contribution is 5.86. The van der Waals surface area contributed by atoms with E-state index < -0.39 is 29.4 Å². The van der Waals surface area contributed by atoms with Gasteiger partial charge in [-0.25, -0.2) is 8.78 Å². The number of primary amides is 1. The molecule has 0 saturated heterocycles. The molecule has 0 fully saturated rings. The molecule has 0 heterocycles. The van der Waals surface area contributed by atoms with Gasteiger partial charge in [-0.15, -0.1) is 0 Å². The molecule has 2 amide bonds. The summed E-state index contributed by atoms with van der Waals surface area (Å²) >= 11 is 0. The molecule has 4 nitrogen and oxygen atoms in total. The first kappa shape index (κ1) is 20.1. The third kappa shape index (κ3) is 6.26. The van der Waals surface area contributed by atoms with Gasteiger partial charge in [0.15, 0.2) is 0 Å². The zero-order chi connectivity index (χ0) is 18.3. The van der Waals surface area contributed by atoms with E-state index in [1.807, 2.05) is 13.8 Å². The van der Waals surface area contributed by atoms with Crippen LogP contribution in [-0.2, 0) is 16.0 Å². The minimum atomic E-state index is -0.676. The first-order valence-electron chi connectivity index (χ1n) is 8.26. The molecule has 0 aliphatic carbocycles. The number of rotatable bonds is 9. The van der Waals surface area contributed by atoms with Gasteiger partial charge in [0.05, 0.1) is 0 Å². The Labute approximate surface area is 141 Å². The molecule has 0 aliphatic heterocycles. The van der Waals surface area contributed by atoms with E-state index in [0.29, 0.717) is 18.5 Å². The summed E-state index contributed by atoms with van der Waals surface area (Å²) in [4.78, 5) is 24.2. The maximum atomic E-state index is 13.3. The molecule has 0 radical (unpaired) electrons. The molecule has 6 heteroatoms. The summed E-state index contributed by atoms with van der Waals surface area (Å²) in [7, 11) is 0. The van der Waals surface area contributed by atoms with Crippen LogP contribution in [0.3, 0.4) is 0 Å². The third-order valence-corrected chi connectivity index (χ3v) is 3.93. The van der Waals surface area contributed by atoms with Gasteiger partial charge in [0.2, 0.25) is 11.8 Å². The topological polar surface area (TPSA) is 72.2 Å². The van der Waals surface area contributed by atoms with Crippen LogP contribution in [0, 0.1) is 29.4 Å². The number of hydrogen-bond donors (Lipinski definition) is 2. The fourth-order valence-electron chi connectivity index (χ4n) is 2.89. The number of amides is 2. The summed E-state index contributed by atoms with van der Waals surface area (Å²) in [6.45, 7) is 6.20. The lowest BCUT2D eigenvalue weighted by Crippen LogP contribution is -2.41. The maximum absolute atomic E-state index is 13.3. The van der Waals surface area contributed by atoms with Crippen LogP contribution in [-0.4, -0.2) is 18.4 Å². The number of benzene rings is 1. The van der Waals surface area contributed by atoms with E-state index in [1.165, 1.54) is 12.1 Å².